The van der Waals surface area contributed by atoms with Crippen molar-refractivity contribution in [3.63, 3.8) is 0 Å². The molecule has 21 heavy (non-hydrogen) atoms. The summed E-state index contributed by atoms with van der Waals surface area (Å²) in [6, 6.07) is 7.55. The fourth-order valence-corrected chi connectivity index (χ4v) is 3.02. The fourth-order valence-electron chi connectivity index (χ4n) is 1.95. The van der Waals surface area contributed by atoms with Crippen LogP contribution >= 0.6 is 23.4 Å². The number of hydrogen-bond acceptors (Lipinski definition) is 4. The normalized spacial score (nSPS) is 11.0. The van der Waals surface area contributed by atoms with Crippen LogP contribution in [0.25, 0.3) is 11.3 Å². The van der Waals surface area contributed by atoms with E-state index in [1.165, 1.54) is 0 Å². The van der Waals surface area contributed by atoms with Crippen LogP contribution in [0, 0.1) is 0 Å². The summed E-state index contributed by atoms with van der Waals surface area (Å²) in [6.07, 6.45) is 5.50. The van der Waals surface area contributed by atoms with Crippen molar-refractivity contribution in [1.29, 1.82) is 0 Å². The smallest absolute Gasteiger partial charge is 0.205 e. The standard InChI is InChI=1S/C15H14ClN3OS/c1-2-19-7-6-17-15(19)21-10-14-18-9-13(20-14)11-4-3-5-12(16)8-11/h3-9H,2,10H2,1H3. The Hall–Kier alpha value is -1.72. The van der Waals surface area contributed by atoms with E-state index < -0.39 is 0 Å². The third kappa shape index (κ3) is 3.31. The number of nitrogens with zero attached hydrogens (tertiary/aromatic N) is 3. The first-order valence-electron chi connectivity index (χ1n) is 6.61. The number of imidazole rings is 1. The Morgan fingerprint density at radius 1 is 1.33 bits per heavy atom. The van der Waals surface area contributed by atoms with E-state index in [-0.39, 0.29) is 0 Å². The number of rotatable bonds is 5. The number of halogens is 1. The molecule has 0 fully saturated rings. The highest BCUT2D eigenvalue weighted by atomic mass is 35.5. The maximum atomic E-state index is 5.99. The number of aromatic nitrogens is 3. The second-order valence-corrected chi connectivity index (χ2v) is 5.79. The van der Waals surface area contributed by atoms with Gasteiger partial charge < -0.3 is 8.98 Å². The first-order valence-corrected chi connectivity index (χ1v) is 7.97. The molecule has 0 saturated carbocycles. The van der Waals surface area contributed by atoms with Crippen molar-refractivity contribution in [3.8, 4) is 11.3 Å². The van der Waals surface area contributed by atoms with Crippen molar-refractivity contribution in [2.24, 2.45) is 0 Å². The van der Waals surface area contributed by atoms with Crippen molar-refractivity contribution in [3.05, 3.63) is 53.8 Å². The molecule has 0 saturated heterocycles. The maximum absolute atomic E-state index is 5.99. The summed E-state index contributed by atoms with van der Waals surface area (Å²) in [5, 5.41) is 1.66. The summed E-state index contributed by atoms with van der Waals surface area (Å²) in [5.41, 5.74) is 0.932. The summed E-state index contributed by atoms with van der Waals surface area (Å²) in [4.78, 5) is 8.63. The zero-order valence-electron chi connectivity index (χ0n) is 11.5. The lowest BCUT2D eigenvalue weighted by molar-refractivity contribution is 0.529. The fraction of sp³-hybridized carbons (Fsp3) is 0.200. The summed E-state index contributed by atoms with van der Waals surface area (Å²) in [7, 11) is 0. The molecule has 0 N–H and O–H groups in total. The van der Waals surface area contributed by atoms with Gasteiger partial charge in [-0.05, 0) is 19.1 Å². The predicted octanol–water partition coefficient (Wildman–Crippen LogP) is 4.50. The van der Waals surface area contributed by atoms with Crippen molar-refractivity contribution in [1.82, 2.24) is 14.5 Å². The molecule has 0 aliphatic rings. The van der Waals surface area contributed by atoms with Gasteiger partial charge in [-0.2, -0.15) is 0 Å². The van der Waals surface area contributed by atoms with Gasteiger partial charge in [-0.15, -0.1) is 0 Å². The van der Waals surface area contributed by atoms with Crippen LogP contribution in [0.4, 0.5) is 0 Å². The largest absolute Gasteiger partial charge is 0.440 e. The summed E-state index contributed by atoms with van der Waals surface area (Å²) in [5.74, 6) is 2.06. The molecule has 0 aliphatic heterocycles. The minimum Gasteiger partial charge on any atom is -0.440 e. The van der Waals surface area contributed by atoms with E-state index in [9.17, 15) is 0 Å². The van der Waals surface area contributed by atoms with Gasteiger partial charge in [0.05, 0.1) is 11.9 Å². The Bertz CT molecular complexity index is 738. The molecule has 0 amide bonds. The molecule has 6 heteroatoms. The minimum absolute atomic E-state index is 0.650. The Kier molecular flexibility index (Phi) is 4.31. The van der Waals surface area contributed by atoms with Gasteiger partial charge in [-0.1, -0.05) is 35.5 Å². The van der Waals surface area contributed by atoms with Crippen LogP contribution < -0.4 is 0 Å². The lowest BCUT2D eigenvalue weighted by Crippen LogP contribution is -1.94. The second-order valence-electron chi connectivity index (χ2n) is 4.41. The van der Waals surface area contributed by atoms with Crippen LogP contribution in [0.15, 0.2) is 52.4 Å². The van der Waals surface area contributed by atoms with Crippen LogP contribution in [-0.4, -0.2) is 14.5 Å². The van der Waals surface area contributed by atoms with Crippen LogP contribution in [-0.2, 0) is 12.3 Å². The Balaban J connectivity index is 1.71. The van der Waals surface area contributed by atoms with Gasteiger partial charge in [0.2, 0.25) is 5.89 Å². The van der Waals surface area contributed by atoms with Crippen molar-refractivity contribution >= 4 is 23.4 Å². The Morgan fingerprint density at radius 3 is 3.05 bits per heavy atom. The summed E-state index contributed by atoms with van der Waals surface area (Å²) in [6.45, 7) is 3.00. The van der Waals surface area contributed by atoms with Gasteiger partial charge in [0, 0.05) is 29.5 Å². The van der Waals surface area contributed by atoms with Gasteiger partial charge in [0.15, 0.2) is 10.9 Å². The molecule has 0 aliphatic carbocycles. The number of thioether (sulfide) groups is 1. The zero-order chi connectivity index (χ0) is 14.7. The van der Waals surface area contributed by atoms with Crippen LogP contribution in [0.1, 0.15) is 12.8 Å². The van der Waals surface area contributed by atoms with Crippen molar-refractivity contribution < 1.29 is 4.42 Å². The molecule has 4 nitrogen and oxygen atoms in total. The average molecular weight is 320 g/mol. The van der Waals surface area contributed by atoms with E-state index in [2.05, 4.69) is 21.5 Å². The lowest BCUT2D eigenvalue weighted by Gasteiger charge is -2.02. The molecule has 0 spiro atoms. The molecule has 1 aromatic carbocycles. The van der Waals surface area contributed by atoms with Gasteiger partial charge >= 0.3 is 0 Å². The van der Waals surface area contributed by atoms with Gasteiger partial charge in [-0.25, -0.2) is 9.97 Å². The number of aryl methyl sites for hydroxylation is 1. The number of benzene rings is 1. The maximum Gasteiger partial charge on any atom is 0.205 e. The highest BCUT2D eigenvalue weighted by molar-refractivity contribution is 7.98. The highest BCUT2D eigenvalue weighted by Crippen LogP contribution is 2.26. The first-order chi connectivity index (χ1) is 10.3. The van der Waals surface area contributed by atoms with E-state index in [0.717, 1.165) is 23.0 Å². The van der Waals surface area contributed by atoms with Crippen LogP contribution in [0.2, 0.25) is 5.02 Å². The van der Waals surface area contributed by atoms with Gasteiger partial charge in [0.25, 0.3) is 0 Å². The quantitative estimate of drug-likeness (QED) is 0.649. The number of hydrogen-bond donors (Lipinski definition) is 0. The van der Waals surface area contributed by atoms with Crippen LogP contribution in [0.3, 0.4) is 0 Å². The predicted molar refractivity (Wildman–Crippen MR) is 84.4 cm³/mol. The SMILES string of the molecule is CCn1ccnc1SCc1ncc(-c2cccc(Cl)c2)o1. The molecular weight excluding hydrogens is 306 g/mol. The molecule has 108 valence electrons. The minimum atomic E-state index is 0.650. The van der Waals surface area contributed by atoms with Crippen molar-refractivity contribution in [2.75, 3.05) is 0 Å². The van der Waals surface area contributed by atoms with Crippen LogP contribution in [0.5, 0.6) is 0 Å². The molecule has 3 aromatic rings. The zero-order valence-corrected chi connectivity index (χ0v) is 13.1. The highest BCUT2D eigenvalue weighted by Gasteiger charge is 2.09. The van der Waals surface area contributed by atoms with Gasteiger partial charge in [0.1, 0.15) is 0 Å². The summed E-state index contributed by atoms with van der Waals surface area (Å²) >= 11 is 7.60. The average Bonchev–Trinajstić information content (AvgIpc) is 3.14. The van der Waals surface area contributed by atoms with E-state index >= 15 is 0 Å². The van der Waals surface area contributed by atoms with Crippen molar-refractivity contribution in [2.45, 2.75) is 24.4 Å². The van der Waals surface area contributed by atoms with Gasteiger partial charge in [-0.3, -0.25) is 0 Å². The van der Waals surface area contributed by atoms with E-state index in [1.54, 1.807) is 24.2 Å². The Labute approximate surface area is 132 Å². The monoisotopic (exact) mass is 319 g/mol. The topological polar surface area (TPSA) is 43.9 Å². The molecule has 0 bridgehead atoms. The third-order valence-corrected chi connectivity index (χ3v) is 4.23. The molecular formula is C15H14ClN3OS. The number of oxazole rings is 1. The second kappa shape index (κ2) is 6.37. The van der Waals surface area contributed by atoms with E-state index in [0.29, 0.717) is 16.7 Å². The molecule has 2 heterocycles. The Morgan fingerprint density at radius 2 is 2.24 bits per heavy atom. The lowest BCUT2D eigenvalue weighted by atomic mass is 10.2. The first kappa shape index (κ1) is 14.2. The van der Waals surface area contributed by atoms with E-state index in [4.69, 9.17) is 16.0 Å². The van der Waals surface area contributed by atoms with E-state index in [1.807, 2.05) is 30.5 Å². The molecule has 0 atom stereocenters. The molecule has 2 aromatic heterocycles. The summed E-state index contributed by atoms with van der Waals surface area (Å²) < 4.78 is 7.86. The molecule has 0 radical (unpaired) electrons. The third-order valence-electron chi connectivity index (χ3n) is 3.01. The molecule has 0 unspecified atom stereocenters. The molecule has 3 rings (SSSR count).